The minimum atomic E-state index is -2.97. The van der Waals surface area contributed by atoms with E-state index in [1.165, 1.54) is 31.1 Å². The van der Waals surface area contributed by atoms with E-state index >= 15 is 0 Å². The number of hydrogen-bond acceptors (Lipinski definition) is 9. The lowest BCUT2D eigenvalue weighted by molar-refractivity contribution is -0.166. The maximum absolute atomic E-state index is 13.7. The Bertz CT molecular complexity index is 1230. The Balaban J connectivity index is 2.10. The molecule has 0 aromatic heterocycles. The Kier molecular flexibility index (Phi) is 4.99. The minimum absolute atomic E-state index is 0.0516. The predicted molar refractivity (Wildman–Crippen MR) is 116 cm³/mol. The molecule has 3 aliphatic carbocycles. The van der Waals surface area contributed by atoms with Crippen molar-refractivity contribution in [2.75, 3.05) is 14.1 Å². The quantitative estimate of drug-likeness (QED) is 0.321. The highest BCUT2D eigenvalue weighted by Gasteiger charge is 2.68. The molecule has 0 heterocycles. The molecular formula is C22H21ClN2O8. The molecule has 7 N–H and O–H groups in total. The number of ketones is 2. The van der Waals surface area contributed by atoms with E-state index in [-0.39, 0.29) is 21.7 Å². The van der Waals surface area contributed by atoms with Crippen LogP contribution in [0.2, 0.25) is 5.02 Å². The molecule has 33 heavy (non-hydrogen) atoms. The van der Waals surface area contributed by atoms with Crippen LogP contribution >= 0.6 is 11.6 Å². The molecule has 0 saturated heterocycles. The molecule has 0 aliphatic heterocycles. The van der Waals surface area contributed by atoms with Gasteiger partial charge in [-0.1, -0.05) is 18.2 Å². The second-order valence-corrected chi connectivity index (χ2v) is 8.96. The second kappa shape index (κ2) is 7.16. The van der Waals surface area contributed by atoms with Crippen LogP contribution in [0.1, 0.15) is 11.1 Å². The first-order valence-electron chi connectivity index (χ1n) is 9.81. The predicted octanol–water partition coefficient (Wildman–Crippen LogP) is 0.0589. The standard InChI is InChI=1S/C22H21ClN2O8/c1-6-9-7(23)4-5-8(26)11(9)16(27)12-10(6)17(28)14-15(25(2)3)18(29)13(21(24)32)20(31)22(14,33)19(12)30/h4-5,10,14-15,17,26-28,31,33H,1H2,2-3H3,(H2,24,32)/t10-,14-,15?,17+,22+/m1/s1. The molecule has 1 amide bonds. The zero-order valence-electron chi connectivity index (χ0n) is 17.5. The summed E-state index contributed by atoms with van der Waals surface area (Å²) in [5.41, 5.74) is 0.634. The molecule has 5 atom stereocenters. The van der Waals surface area contributed by atoms with Gasteiger partial charge in [-0.05, 0) is 31.8 Å². The van der Waals surface area contributed by atoms with Gasteiger partial charge in [0.2, 0.25) is 5.78 Å². The van der Waals surface area contributed by atoms with Crippen molar-refractivity contribution >= 4 is 40.4 Å². The average molecular weight is 477 g/mol. The smallest absolute Gasteiger partial charge is 0.255 e. The summed E-state index contributed by atoms with van der Waals surface area (Å²) in [6, 6.07) is 1.08. The molecule has 3 aliphatic rings. The molecule has 11 heteroatoms. The fourth-order valence-electron chi connectivity index (χ4n) is 5.26. The van der Waals surface area contributed by atoms with Crippen molar-refractivity contribution in [1.82, 2.24) is 4.90 Å². The SMILES string of the molecule is C=C1c2c(Cl)ccc(O)c2C(O)=C2C(=O)[C@]3(O)C(O)=C(C(N)=O)C(=O)C(N(C)C)[C@@H]3[C@@H](O)[C@H]12. The van der Waals surface area contributed by atoms with E-state index in [4.69, 9.17) is 17.3 Å². The fourth-order valence-corrected chi connectivity index (χ4v) is 5.54. The number of Topliss-reactive ketones (excluding diaryl/α,β-unsaturated/α-hetero) is 2. The number of halogens is 1. The molecule has 1 saturated carbocycles. The maximum Gasteiger partial charge on any atom is 0.255 e. The van der Waals surface area contributed by atoms with Gasteiger partial charge < -0.3 is 31.3 Å². The van der Waals surface area contributed by atoms with Crippen molar-refractivity contribution in [2.24, 2.45) is 17.6 Å². The van der Waals surface area contributed by atoms with Gasteiger partial charge in [-0.2, -0.15) is 0 Å². The summed E-state index contributed by atoms with van der Waals surface area (Å²) in [6.07, 6.45) is -1.75. The highest BCUT2D eigenvalue weighted by molar-refractivity contribution is 6.33. The van der Waals surface area contributed by atoms with Crippen LogP contribution in [0.5, 0.6) is 5.75 Å². The first-order valence-corrected chi connectivity index (χ1v) is 10.2. The van der Waals surface area contributed by atoms with Crippen LogP contribution in [0, 0.1) is 11.8 Å². The van der Waals surface area contributed by atoms with Crippen LogP contribution in [-0.4, -0.2) is 79.7 Å². The van der Waals surface area contributed by atoms with E-state index in [1.54, 1.807) is 0 Å². The molecule has 0 spiro atoms. The fraction of sp³-hybridized carbons (Fsp3) is 0.318. The lowest BCUT2D eigenvalue weighted by Gasteiger charge is -2.52. The number of carbonyl (C=O) groups excluding carboxylic acids is 3. The molecule has 0 bridgehead atoms. The van der Waals surface area contributed by atoms with Gasteiger partial charge in [0, 0.05) is 16.5 Å². The normalized spacial score (nSPS) is 31.5. The van der Waals surface area contributed by atoms with Crippen LogP contribution in [0.15, 0.2) is 35.6 Å². The number of phenolic OH excluding ortho intramolecular Hbond substituents is 1. The minimum Gasteiger partial charge on any atom is -0.508 e. The van der Waals surface area contributed by atoms with E-state index in [9.17, 15) is 39.9 Å². The van der Waals surface area contributed by atoms with Crippen LogP contribution in [-0.2, 0) is 14.4 Å². The molecule has 1 unspecified atom stereocenters. The van der Waals surface area contributed by atoms with Gasteiger partial charge in [-0.15, -0.1) is 0 Å². The van der Waals surface area contributed by atoms with Crippen LogP contribution < -0.4 is 5.73 Å². The summed E-state index contributed by atoms with van der Waals surface area (Å²) in [7, 11) is 2.84. The molecular weight excluding hydrogens is 456 g/mol. The van der Waals surface area contributed by atoms with Crippen molar-refractivity contribution in [3.63, 3.8) is 0 Å². The Morgan fingerprint density at radius 1 is 1.18 bits per heavy atom. The summed E-state index contributed by atoms with van der Waals surface area (Å²) in [6.45, 7) is 3.89. The Morgan fingerprint density at radius 3 is 2.33 bits per heavy atom. The number of phenols is 1. The number of hydrogen-bond donors (Lipinski definition) is 6. The van der Waals surface area contributed by atoms with E-state index in [1.807, 2.05) is 0 Å². The number of amides is 1. The maximum atomic E-state index is 13.7. The Labute approximate surface area is 192 Å². The van der Waals surface area contributed by atoms with E-state index in [0.717, 1.165) is 0 Å². The van der Waals surface area contributed by atoms with Crippen molar-refractivity contribution in [2.45, 2.75) is 17.7 Å². The van der Waals surface area contributed by atoms with Crippen molar-refractivity contribution in [3.8, 4) is 5.75 Å². The van der Waals surface area contributed by atoms with Gasteiger partial charge in [0.15, 0.2) is 11.4 Å². The first-order chi connectivity index (χ1) is 15.3. The van der Waals surface area contributed by atoms with Crippen molar-refractivity contribution in [3.05, 3.63) is 51.8 Å². The summed E-state index contributed by atoms with van der Waals surface area (Å²) >= 11 is 6.25. The highest BCUT2D eigenvalue weighted by atomic mass is 35.5. The number of aliphatic hydroxyl groups is 4. The zero-order valence-corrected chi connectivity index (χ0v) is 18.3. The van der Waals surface area contributed by atoms with E-state index in [2.05, 4.69) is 6.58 Å². The third-order valence-electron chi connectivity index (χ3n) is 6.67. The third kappa shape index (κ3) is 2.69. The molecule has 1 aromatic carbocycles. The lowest BCUT2D eigenvalue weighted by atomic mass is 9.55. The number of nitrogens with zero attached hydrogens (tertiary/aromatic N) is 1. The third-order valence-corrected chi connectivity index (χ3v) is 6.99. The van der Waals surface area contributed by atoms with Crippen LogP contribution in [0.3, 0.4) is 0 Å². The van der Waals surface area contributed by atoms with Gasteiger partial charge in [0.05, 0.1) is 29.2 Å². The number of aromatic hydroxyl groups is 1. The second-order valence-electron chi connectivity index (χ2n) is 8.55. The molecule has 1 fully saturated rings. The number of aliphatic hydroxyl groups excluding tert-OH is 3. The number of nitrogens with two attached hydrogens (primary N) is 1. The van der Waals surface area contributed by atoms with E-state index in [0.29, 0.717) is 0 Å². The van der Waals surface area contributed by atoms with Crippen LogP contribution in [0.4, 0.5) is 0 Å². The lowest BCUT2D eigenvalue weighted by Crippen LogP contribution is -2.70. The van der Waals surface area contributed by atoms with Crippen molar-refractivity contribution in [1.29, 1.82) is 0 Å². The summed E-state index contributed by atoms with van der Waals surface area (Å²) in [5.74, 6) is -9.18. The molecule has 174 valence electrons. The van der Waals surface area contributed by atoms with E-state index < -0.39 is 75.5 Å². The van der Waals surface area contributed by atoms with Gasteiger partial charge in [-0.3, -0.25) is 19.3 Å². The molecule has 0 radical (unpaired) electrons. The first kappa shape index (κ1) is 23.0. The van der Waals surface area contributed by atoms with Gasteiger partial charge in [0.1, 0.15) is 22.8 Å². The average Bonchev–Trinajstić information content (AvgIpc) is 2.72. The number of fused-ring (bicyclic) bond motifs is 3. The van der Waals surface area contributed by atoms with Gasteiger partial charge in [0.25, 0.3) is 5.91 Å². The number of carbonyl (C=O) groups is 3. The number of primary amides is 1. The van der Waals surface area contributed by atoms with Crippen molar-refractivity contribution < 1.29 is 39.9 Å². The highest BCUT2D eigenvalue weighted by Crippen LogP contribution is 2.56. The molecule has 1 aromatic rings. The summed E-state index contributed by atoms with van der Waals surface area (Å²) < 4.78 is 0. The number of likely N-dealkylation sites (N-methyl/N-ethyl adjacent to an activating group) is 1. The number of rotatable bonds is 2. The largest absolute Gasteiger partial charge is 0.508 e. The number of benzene rings is 1. The van der Waals surface area contributed by atoms with Crippen LogP contribution in [0.25, 0.3) is 11.3 Å². The molecule has 10 nitrogen and oxygen atoms in total. The summed E-state index contributed by atoms with van der Waals surface area (Å²) in [5, 5.41) is 55.0. The topological polar surface area (TPSA) is 182 Å². The summed E-state index contributed by atoms with van der Waals surface area (Å²) in [4.78, 5) is 39.9. The van der Waals surface area contributed by atoms with Gasteiger partial charge in [-0.25, -0.2) is 0 Å². The van der Waals surface area contributed by atoms with Gasteiger partial charge >= 0.3 is 0 Å². The zero-order chi connectivity index (χ0) is 24.7. The Morgan fingerprint density at radius 2 is 1.79 bits per heavy atom. The molecule has 4 rings (SSSR count). The monoisotopic (exact) mass is 476 g/mol. The Hall–Kier alpha value is -3.18.